The maximum atomic E-state index is 6.26. The molecule has 4 heteroatoms. The van der Waals surface area contributed by atoms with Gasteiger partial charge in [0.25, 0.3) is 0 Å². The minimum atomic E-state index is 0.700. The van der Waals surface area contributed by atoms with Gasteiger partial charge in [-0.15, -0.1) is 0 Å². The fourth-order valence-corrected chi connectivity index (χ4v) is 2.99. The number of halogens is 1. The van der Waals surface area contributed by atoms with Crippen LogP contribution in [0.5, 0.6) is 5.75 Å². The van der Waals surface area contributed by atoms with Gasteiger partial charge in [-0.2, -0.15) is 0 Å². The lowest BCUT2D eigenvalue weighted by molar-refractivity contribution is 0.287. The molecule has 2 rings (SSSR count). The molecule has 0 atom stereocenters. The van der Waals surface area contributed by atoms with Crippen molar-refractivity contribution in [2.24, 2.45) is 0 Å². The highest BCUT2D eigenvalue weighted by atomic mass is 35.5. The minimum absolute atomic E-state index is 0.700. The second-order valence-electron chi connectivity index (χ2n) is 5.69. The average Bonchev–Trinajstić information content (AvgIpc) is 2.73. The zero-order valence-corrected chi connectivity index (χ0v) is 14.0. The predicted molar refractivity (Wildman–Crippen MR) is 89.6 cm³/mol. The van der Waals surface area contributed by atoms with E-state index in [4.69, 9.17) is 16.3 Å². The maximum Gasteiger partial charge on any atom is 0.122 e. The van der Waals surface area contributed by atoms with Crippen molar-refractivity contribution >= 4 is 11.6 Å². The third-order valence-corrected chi connectivity index (χ3v) is 4.40. The molecule has 0 bridgehead atoms. The Morgan fingerprint density at radius 2 is 2.14 bits per heavy atom. The average molecular weight is 311 g/mol. The molecule has 21 heavy (non-hydrogen) atoms. The Balaban J connectivity index is 1.90. The van der Waals surface area contributed by atoms with Crippen molar-refractivity contribution in [1.29, 1.82) is 0 Å². The number of hydrogen-bond acceptors (Lipinski definition) is 3. The van der Waals surface area contributed by atoms with Gasteiger partial charge in [-0.25, -0.2) is 0 Å². The molecule has 1 aliphatic heterocycles. The molecule has 1 fully saturated rings. The Kier molecular flexibility index (Phi) is 6.81. The Morgan fingerprint density at radius 1 is 1.29 bits per heavy atom. The monoisotopic (exact) mass is 310 g/mol. The van der Waals surface area contributed by atoms with Gasteiger partial charge in [-0.05, 0) is 76.0 Å². The molecule has 0 spiro atoms. The van der Waals surface area contributed by atoms with Gasteiger partial charge in [0.15, 0.2) is 0 Å². The first-order chi connectivity index (χ1) is 10.2. The van der Waals surface area contributed by atoms with E-state index in [1.165, 1.54) is 18.5 Å². The molecule has 1 aromatic carbocycles. The number of rotatable bonds is 6. The summed E-state index contributed by atoms with van der Waals surface area (Å²) in [5, 5.41) is 4.29. The zero-order valence-electron chi connectivity index (χ0n) is 13.3. The molecule has 1 N–H and O–H groups in total. The quantitative estimate of drug-likeness (QED) is 0.872. The molecule has 3 nitrogen and oxygen atoms in total. The summed E-state index contributed by atoms with van der Waals surface area (Å²) in [6, 6.07) is 4.14. The predicted octanol–water partition coefficient (Wildman–Crippen LogP) is 3.28. The van der Waals surface area contributed by atoms with Crippen LogP contribution in [0.15, 0.2) is 12.1 Å². The molecule has 1 aliphatic rings. The molecule has 0 radical (unpaired) electrons. The van der Waals surface area contributed by atoms with Gasteiger partial charge >= 0.3 is 0 Å². The van der Waals surface area contributed by atoms with Crippen molar-refractivity contribution in [2.45, 2.75) is 33.1 Å². The van der Waals surface area contributed by atoms with Crippen LogP contribution in [-0.4, -0.2) is 44.2 Å². The summed E-state index contributed by atoms with van der Waals surface area (Å²) in [4.78, 5) is 2.55. The van der Waals surface area contributed by atoms with Gasteiger partial charge in [0.05, 0.1) is 6.61 Å². The van der Waals surface area contributed by atoms with E-state index in [1.807, 2.05) is 13.8 Å². The van der Waals surface area contributed by atoms with Gasteiger partial charge in [0, 0.05) is 18.1 Å². The van der Waals surface area contributed by atoms with Crippen molar-refractivity contribution in [3.63, 3.8) is 0 Å². The van der Waals surface area contributed by atoms with Crippen molar-refractivity contribution in [1.82, 2.24) is 10.2 Å². The van der Waals surface area contributed by atoms with Gasteiger partial charge in [0.1, 0.15) is 5.75 Å². The van der Waals surface area contributed by atoms with E-state index < -0.39 is 0 Å². The third-order valence-electron chi connectivity index (χ3n) is 3.99. The van der Waals surface area contributed by atoms with E-state index in [-0.39, 0.29) is 0 Å². The fourth-order valence-electron chi connectivity index (χ4n) is 2.80. The first-order valence-electron chi connectivity index (χ1n) is 8.05. The lowest BCUT2D eigenvalue weighted by Gasteiger charge is -2.19. The lowest BCUT2D eigenvalue weighted by atomic mass is 10.1. The fraction of sp³-hybridized carbons (Fsp3) is 0.647. The summed E-state index contributed by atoms with van der Waals surface area (Å²) >= 11 is 6.26. The van der Waals surface area contributed by atoms with Crippen LogP contribution in [0.3, 0.4) is 0 Å². The number of nitrogens with one attached hydrogen (secondary N) is 1. The normalized spacial score (nSPS) is 16.7. The number of nitrogens with zero attached hydrogens (tertiary/aromatic N) is 1. The molecule has 0 aliphatic carbocycles. The van der Waals surface area contributed by atoms with Crippen LogP contribution in [0.2, 0.25) is 5.02 Å². The highest BCUT2D eigenvalue weighted by Gasteiger charge is 2.10. The van der Waals surface area contributed by atoms with Crippen molar-refractivity contribution in [2.75, 3.05) is 39.3 Å². The van der Waals surface area contributed by atoms with E-state index in [9.17, 15) is 0 Å². The summed E-state index contributed by atoms with van der Waals surface area (Å²) < 4.78 is 5.75. The van der Waals surface area contributed by atoms with Gasteiger partial charge in [0.2, 0.25) is 0 Å². The highest BCUT2D eigenvalue weighted by Crippen LogP contribution is 2.27. The molecule has 1 heterocycles. The van der Waals surface area contributed by atoms with Gasteiger partial charge in [-0.3, -0.25) is 0 Å². The van der Waals surface area contributed by atoms with Crippen LogP contribution in [0, 0.1) is 6.92 Å². The largest absolute Gasteiger partial charge is 0.494 e. The summed E-state index contributed by atoms with van der Waals surface area (Å²) in [6.07, 6.45) is 3.43. The number of hydrogen-bond donors (Lipinski definition) is 1. The molecule has 118 valence electrons. The second-order valence-corrected chi connectivity index (χ2v) is 6.10. The first-order valence-corrected chi connectivity index (χ1v) is 8.43. The summed E-state index contributed by atoms with van der Waals surface area (Å²) in [6.45, 7) is 10.5. The highest BCUT2D eigenvalue weighted by molar-refractivity contribution is 6.31. The van der Waals surface area contributed by atoms with E-state index in [2.05, 4.69) is 22.3 Å². The topological polar surface area (TPSA) is 24.5 Å². The first kappa shape index (κ1) is 16.6. The minimum Gasteiger partial charge on any atom is -0.494 e. The number of ether oxygens (including phenoxy) is 1. The van der Waals surface area contributed by atoms with Crippen LogP contribution < -0.4 is 10.1 Å². The molecule has 1 aromatic rings. The molecule has 0 aromatic heterocycles. The van der Waals surface area contributed by atoms with Crippen LogP contribution in [0.1, 0.15) is 30.9 Å². The molecular formula is C17H27ClN2O. The summed E-state index contributed by atoms with van der Waals surface area (Å²) in [5.74, 6) is 0.997. The molecule has 0 amide bonds. The van der Waals surface area contributed by atoms with Crippen molar-refractivity contribution in [3.8, 4) is 5.75 Å². The van der Waals surface area contributed by atoms with Crippen LogP contribution in [0.4, 0.5) is 0 Å². The number of aryl methyl sites for hydroxylation is 2. The van der Waals surface area contributed by atoms with E-state index in [0.717, 1.165) is 55.4 Å². The van der Waals surface area contributed by atoms with Crippen LogP contribution in [-0.2, 0) is 6.42 Å². The maximum absolute atomic E-state index is 6.26. The molecular weight excluding hydrogens is 284 g/mol. The summed E-state index contributed by atoms with van der Waals surface area (Å²) in [7, 11) is 0. The van der Waals surface area contributed by atoms with Crippen LogP contribution >= 0.6 is 11.6 Å². The Hall–Kier alpha value is -0.770. The molecule has 0 saturated carbocycles. The second kappa shape index (κ2) is 8.62. The smallest absolute Gasteiger partial charge is 0.122 e. The zero-order chi connectivity index (χ0) is 15.1. The van der Waals surface area contributed by atoms with Crippen LogP contribution in [0.25, 0.3) is 0 Å². The standard InChI is InChI=1S/C17H27ClN2O/c1-3-21-17-12-14(2)16(18)13-15(17)6-4-9-20-10-5-7-19-8-11-20/h12-13,19H,3-11H2,1-2H3. The van der Waals surface area contributed by atoms with E-state index in [1.54, 1.807) is 0 Å². The molecule has 1 saturated heterocycles. The van der Waals surface area contributed by atoms with E-state index >= 15 is 0 Å². The van der Waals surface area contributed by atoms with Crippen molar-refractivity contribution < 1.29 is 4.74 Å². The van der Waals surface area contributed by atoms with E-state index in [0.29, 0.717) is 6.61 Å². The Bertz CT molecular complexity index is 443. The third kappa shape index (κ3) is 5.17. The number of benzene rings is 1. The van der Waals surface area contributed by atoms with Crippen molar-refractivity contribution in [3.05, 3.63) is 28.3 Å². The Morgan fingerprint density at radius 3 is 2.95 bits per heavy atom. The summed E-state index contributed by atoms with van der Waals surface area (Å²) in [5.41, 5.74) is 2.32. The SMILES string of the molecule is CCOc1cc(C)c(Cl)cc1CCCN1CCCNCC1. The van der Waals surface area contributed by atoms with Gasteiger partial charge in [-0.1, -0.05) is 11.6 Å². The van der Waals surface area contributed by atoms with Gasteiger partial charge < -0.3 is 15.0 Å². The Labute approximate surface area is 133 Å². The lowest BCUT2D eigenvalue weighted by Crippen LogP contribution is -2.29. The molecule has 0 unspecified atom stereocenters.